The maximum atomic E-state index is 10.6. The molecule has 2 heterocycles. The predicted molar refractivity (Wildman–Crippen MR) is 72.8 cm³/mol. The van der Waals surface area contributed by atoms with Crippen LogP contribution in [0.4, 0.5) is 0 Å². The van der Waals surface area contributed by atoms with Gasteiger partial charge in [-0.15, -0.1) is 0 Å². The van der Waals surface area contributed by atoms with E-state index in [0.29, 0.717) is 6.04 Å². The standard InChI is InChI=1S/C14H24N4O/c19-14(6-2-1-3-7-14)10-17-8-4-13(5-9-17)18-12-15-11-16-18/h11-13,19H,1-10H2. The lowest BCUT2D eigenvalue weighted by atomic mass is 9.84. The van der Waals surface area contributed by atoms with Crippen molar-refractivity contribution in [2.45, 2.75) is 56.6 Å². The van der Waals surface area contributed by atoms with Gasteiger partial charge in [0.1, 0.15) is 12.7 Å². The molecule has 1 saturated heterocycles. The van der Waals surface area contributed by atoms with Gasteiger partial charge in [-0.2, -0.15) is 5.10 Å². The van der Waals surface area contributed by atoms with Gasteiger partial charge < -0.3 is 10.0 Å². The molecule has 0 spiro atoms. The number of rotatable bonds is 3. The van der Waals surface area contributed by atoms with Crippen molar-refractivity contribution in [3.8, 4) is 0 Å². The summed E-state index contributed by atoms with van der Waals surface area (Å²) in [4.78, 5) is 6.45. The second-order valence-corrected chi connectivity index (χ2v) is 6.17. The lowest BCUT2D eigenvalue weighted by Gasteiger charge is -2.39. The van der Waals surface area contributed by atoms with Gasteiger partial charge in [0.25, 0.3) is 0 Å². The van der Waals surface area contributed by atoms with Crippen LogP contribution >= 0.6 is 0 Å². The fourth-order valence-corrected chi connectivity index (χ4v) is 3.53. The maximum Gasteiger partial charge on any atom is 0.137 e. The number of β-amino-alcohol motifs (C(OH)–C–C–N with tert-alkyl or cyclic N) is 1. The largest absolute Gasteiger partial charge is 0.389 e. The molecule has 1 saturated carbocycles. The normalized spacial score (nSPS) is 25.5. The lowest BCUT2D eigenvalue weighted by molar-refractivity contribution is -0.0325. The molecule has 1 N–H and O–H groups in total. The highest BCUT2D eigenvalue weighted by Crippen LogP contribution is 2.30. The van der Waals surface area contributed by atoms with E-state index in [-0.39, 0.29) is 0 Å². The molecule has 1 aliphatic heterocycles. The molecule has 0 atom stereocenters. The summed E-state index contributed by atoms with van der Waals surface area (Å²) in [5, 5.41) is 14.8. The number of aromatic nitrogens is 3. The molecule has 2 fully saturated rings. The van der Waals surface area contributed by atoms with Crippen LogP contribution < -0.4 is 0 Å². The Morgan fingerprint density at radius 1 is 1.16 bits per heavy atom. The second-order valence-electron chi connectivity index (χ2n) is 6.17. The van der Waals surface area contributed by atoms with Crippen molar-refractivity contribution in [1.82, 2.24) is 19.7 Å². The monoisotopic (exact) mass is 264 g/mol. The van der Waals surface area contributed by atoms with Crippen molar-refractivity contribution in [3.63, 3.8) is 0 Å². The molecule has 3 rings (SSSR count). The van der Waals surface area contributed by atoms with Crippen molar-refractivity contribution in [2.75, 3.05) is 19.6 Å². The molecule has 1 aromatic heterocycles. The lowest BCUT2D eigenvalue weighted by Crippen LogP contribution is -2.47. The van der Waals surface area contributed by atoms with Crippen LogP contribution in [0.25, 0.3) is 0 Å². The van der Waals surface area contributed by atoms with Crippen molar-refractivity contribution >= 4 is 0 Å². The van der Waals surface area contributed by atoms with E-state index in [0.717, 1.165) is 45.3 Å². The third-order valence-corrected chi connectivity index (χ3v) is 4.67. The summed E-state index contributed by atoms with van der Waals surface area (Å²) in [6.45, 7) is 2.98. The van der Waals surface area contributed by atoms with Crippen LogP contribution in [0, 0.1) is 0 Å². The van der Waals surface area contributed by atoms with Crippen molar-refractivity contribution < 1.29 is 5.11 Å². The fourth-order valence-electron chi connectivity index (χ4n) is 3.53. The molecule has 5 nitrogen and oxygen atoms in total. The smallest absolute Gasteiger partial charge is 0.137 e. The van der Waals surface area contributed by atoms with E-state index in [9.17, 15) is 5.11 Å². The van der Waals surface area contributed by atoms with Crippen LogP contribution in [0.5, 0.6) is 0 Å². The van der Waals surface area contributed by atoms with Gasteiger partial charge in [-0.25, -0.2) is 9.67 Å². The zero-order chi connectivity index (χ0) is 13.1. The van der Waals surface area contributed by atoms with Crippen LogP contribution in [-0.4, -0.2) is 50.0 Å². The quantitative estimate of drug-likeness (QED) is 0.901. The molecule has 0 amide bonds. The number of hydrogen-bond acceptors (Lipinski definition) is 4. The van der Waals surface area contributed by atoms with Crippen molar-refractivity contribution in [2.24, 2.45) is 0 Å². The van der Waals surface area contributed by atoms with E-state index < -0.39 is 5.60 Å². The molecule has 19 heavy (non-hydrogen) atoms. The Bertz CT molecular complexity index is 378. The van der Waals surface area contributed by atoms with E-state index in [1.807, 2.05) is 11.0 Å². The number of hydrogen-bond donors (Lipinski definition) is 1. The van der Waals surface area contributed by atoms with Crippen molar-refractivity contribution in [3.05, 3.63) is 12.7 Å². The first-order chi connectivity index (χ1) is 9.25. The summed E-state index contributed by atoms with van der Waals surface area (Å²) in [5.41, 5.74) is -0.418. The van der Waals surface area contributed by atoms with Gasteiger partial charge in [0.2, 0.25) is 0 Å². The SMILES string of the molecule is OC1(CN2CCC(n3cncn3)CC2)CCCCC1. The zero-order valence-corrected chi connectivity index (χ0v) is 11.5. The van der Waals surface area contributed by atoms with Gasteiger partial charge in [-0.1, -0.05) is 19.3 Å². The summed E-state index contributed by atoms with van der Waals surface area (Å²) >= 11 is 0. The third-order valence-electron chi connectivity index (χ3n) is 4.67. The van der Waals surface area contributed by atoms with E-state index in [4.69, 9.17) is 0 Å². The summed E-state index contributed by atoms with van der Waals surface area (Å²) in [6.07, 6.45) is 11.3. The predicted octanol–water partition coefficient (Wildman–Crippen LogP) is 1.61. The van der Waals surface area contributed by atoms with Crippen LogP contribution in [0.15, 0.2) is 12.7 Å². The number of aliphatic hydroxyl groups is 1. The molecule has 5 heteroatoms. The van der Waals surface area contributed by atoms with Crippen LogP contribution in [0.2, 0.25) is 0 Å². The first-order valence-corrected chi connectivity index (χ1v) is 7.54. The topological polar surface area (TPSA) is 54.2 Å². The minimum absolute atomic E-state index is 0.418. The molecule has 0 bridgehead atoms. The van der Waals surface area contributed by atoms with Crippen LogP contribution in [0.3, 0.4) is 0 Å². The van der Waals surface area contributed by atoms with Gasteiger partial charge in [-0.3, -0.25) is 0 Å². The first kappa shape index (κ1) is 13.1. The molecule has 1 aromatic rings. The zero-order valence-electron chi connectivity index (χ0n) is 11.5. The highest BCUT2D eigenvalue weighted by Gasteiger charge is 2.32. The third kappa shape index (κ3) is 3.15. The first-order valence-electron chi connectivity index (χ1n) is 7.54. The Morgan fingerprint density at radius 3 is 2.53 bits per heavy atom. The Kier molecular flexibility index (Phi) is 3.84. The van der Waals surface area contributed by atoms with Gasteiger partial charge in [0.05, 0.1) is 11.6 Å². The van der Waals surface area contributed by atoms with E-state index in [1.54, 1.807) is 6.33 Å². The van der Waals surface area contributed by atoms with Gasteiger partial charge >= 0.3 is 0 Å². The van der Waals surface area contributed by atoms with E-state index >= 15 is 0 Å². The minimum atomic E-state index is -0.418. The molecule has 0 aromatic carbocycles. The summed E-state index contributed by atoms with van der Waals surface area (Å²) < 4.78 is 1.98. The number of likely N-dealkylation sites (tertiary alicyclic amines) is 1. The second kappa shape index (κ2) is 5.59. The van der Waals surface area contributed by atoms with Gasteiger partial charge in [0.15, 0.2) is 0 Å². The maximum absolute atomic E-state index is 10.6. The fraction of sp³-hybridized carbons (Fsp3) is 0.857. The number of piperidine rings is 1. The highest BCUT2D eigenvalue weighted by atomic mass is 16.3. The molecule has 2 aliphatic rings. The average molecular weight is 264 g/mol. The average Bonchev–Trinajstić information content (AvgIpc) is 2.94. The van der Waals surface area contributed by atoms with Crippen LogP contribution in [-0.2, 0) is 0 Å². The summed E-state index contributed by atoms with van der Waals surface area (Å²) in [5.74, 6) is 0. The molecular formula is C14H24N4O. The molecule has 0 unspecified atom stereocenters. The summed E-state index contributed by atoms with van der Waals surface area (Å²) in [6, 6.07) is 0.486. The Morgan fingerprint density at radius 2 is 1.89 bits per heavy atom. The Hall–Kier alpha value is -0.940. The molecular weight excluding hydrogens is 240 g/mol. The number of nitrogens with zero attached hydrogens (tertiary/aromatic N) is 4. The van der Waals surface area contributed by atoms with Gasteiger partial charge in [-0.05, 0) is 25.7 Å². The molecule has 0 radical (unpaired) electrons. The minimum Gasteiger partial charge on any atom is -0.389 e. The Balaban J connectivity index is 1.50. The molecule has 1 aliphatic carbocycles. The van der Waals surface area contributed by atoms with E-state index in [2.05, 4.69) is 15.0 Å². The van der Waals surface area contributed by atoms with E-state index in [1.165, 1.54) is 19.3 Å². The van der Waals surface area contributed by atoms with Gasteiger partial charge in [0, 0.05) is 19.6 Å². The Labute approximate surface area is 114 Å². The molecule has 106 valence electrons. The van der Waals surface area contributed by atoms with Crippen LogP contribution in [0.1, 0.15) is 51.0 Å². The highest BCUT2D eigenvalue weighted by molar-refractivity contribution is 4.87. The van der Waals surface area contributed by atoms with Crippen molar-refractivity contribution in [1.29, 1.82) is 0 Å². The summed E-state index contributed by atoms with van der Waals surface area (Å²) in [7, 11) is 0.